The summed E-state index contributed by atoms with van der Waals surface area (Å²) in [7, 11) is 1.38. The summed E-state index contributed by atoms with van der Waals surface area (Å²) in [4.78, 5) is 35.8. The normalized spacial score (nSPS) is 17.0. The first-order valence-electron chi connectivity index (χ1n) is 9.77. The molecule has 2 aliphatic heterocycles. The second kappa shape index (κ2) is 8.02. The van der Waals surface area contributed by atoms with Gasteiger partial charge in [0.05, 0.1) is 18.0 Å². The van der Waals surface area contributed by atoms with Gasteiger partial charge in [0.2, 0.25) is 11.6 Å². The summed E-state index contributed by atoms with van der Waals surface area (Å²) in [5.41, 5.74) is 2.03. The number of aryl methyl sites for hydroxylation is 1. The summed E-state index contributed by atoms with van der Waals surface area (Å²) < 4.78 is 4.83. The number of nitrogens with zero attached hydrogens (tertiary/aromatic N) is 5. The SMILES string of the molecule is COC(=O)C1CCN(c2ncnc(N3CCCc4ccccc43)c2[N+](=O)[O-])CC1. The van der Waals surface area contributed by atoms with Gasteiger partial charge in [0.15, 0.2) is 0 Å². The van der Waals surface area contributed by atoms with E-state index in [0.29, 0.717) is 44.1 Å². The Kier molecular flexibility index (Phi) is 5.28. The number of piperidine rings is 1. The van der Waals surface area contributed by atoms with Crippen LogP contribution in [-0.4, -0.2) is 47.6 Å². The van der Waals surface area contributed by atoms with Crippen molar-refractivity contribution in [3.05, 3.63) is 46.3 Å². The van der Waals surface area contributed by atoms with Gasteiger partial charge in [-0.1, -0.05) is 18.2 Å². The third-order valence-corrected chi connectivity index (χ3v) is 5.66. The number of methoxy groups -OCH3 is 1. The van der Waals surface area contributed by atoms with E-state index in [1.54, 1.807) is 0 Å². The van der Waals surface area contributed by atoms with Crippen LogP contribution in [0.1, 0.15) is 24.8 Å². The number of anilines is 3. The maximum atomic E-state index is 12.1. The Morgan fingerprint density at radius 1 is 1.17 bits per heavy atom. The Bertz CT molecular complexity index is 927. The van der Waals surface area contributed by atoms with E-state index in [-0.39, 0.29) is 17.6 Å². The molecule has 1 aromatic heterocycles. The smallest absolute Gasteiger partial charge is 0.353 e. The molecule has 0 bridgehead atoms. The predicted molar refractivity (Wildman–Crippen MR) is 107 cm³/mol. The van der Waals surface area contributed by atoms with Gasteiger partial charge in [0.25, 0.3) is 0 Å². The minimum absolute atomic E-state index is 0.0827. The minimum atomic E-state index is -0.395. The lowest BCUT2D eigenvalue weighted by molar-refractivity contribution is -0.383. The highest BCUT2D eigenvalue weighted by molar-refractivity contribution is 5.78. The summed E-state index contributed by atoms with van der Waals surface area (Å²) >= 11 is 0. The molecule has 0 saturated carbocycles. The van der Waals surface area contributed by atoms with Gasteiger partial charge >= 0.3 is 11.7 Å². The minimum Gasteiger partial charge on any atom is -0.469 e. The largest absolute Gasteiger partial charge is 0.469 e. The highest BCUT2D eigenvalue weighted by Gasteiger charge is 2.34. The van der Waals surface area contributed by atoms with Crippen LogP contribution < -0.4 is 9.80 Å². The lowest BCUT2D eigenvalue weighted by atomic mass is 9.97. The molecular formula is C20H23N5O4. The van der Waals surface area contributed by atoms with Gasteiger partial charge in [-0.3, -0.25) is 14.9 Å². The number of hydrogen-bond acceptors (Lipinski definition) is 8. The molecule has 2 aliphatic rings. The molecule has 0 N–H and O–H groups in total. The second-order valence-electron chi connectivity index (χ2n) is 7.29. The zero-order valence-corrected chi connectivity index (χ0v) is 16.3. The predicted octanol–water partition coefficient (Wildman–Crippen LogP) is 2.86. The van der Waals surface area contributed by atoms with E-state index >= 15 is 0 Å². The van der Waals surface area contributed by atoms with E-state index in [2.05, 4.69) is 9.97 Å². The third kappa shape index (κ3) is 3.59. The van der Waals surface area contributed by atoms with Gasteiger partial charge < -0.3 is 14.5 Å². The van der Waals surface area contributed by atoms with Crippen LogP contribution in [0.5, 0.6) is 0 Å². The molecule has 0 aliphatic carbocycles. The van der Waals surface area contributed by atoms with Crippen LogP contribution in [0.2, 0.25) is 0 Å². The standard InChI is InChI=1S/C20H23N5O4/c1-29-20(26)15-8-11-23(12-9-15)18-17(25(27)28)19(22-13-21-18)24-10-4-6-14-5-2-3-7-16(14)24/h2-3,5,7,13,15H,4,6,8-12H2,1H3. The fourth-order valence-corrected chi connectivity index (χ4v) is 4.20. The Hall–Kier alpha value is -3.23. The number of para-hydroxylation sites is 1. The number of fused-ring (bicyclic) bond motifs is 1. The van der Waals surface area contributed by atoms with Crippen molar-refractivity contribution in [3.8, 4) is 0 Å². The summed E-state index contributed by atoms with van der Waals surface area (Å²) in [6.45, 7) is 1.68. The van der Waals surface area contributed by atoms with E-state index in [1.807, 2.05) is 34.1 Å². The van der Waals surface area contributed by atoms with Crippen molar-refractivity contribution < 1.29 is 14.5 Å². The number of ether oxygens (including phenoxy) is 1. The summed E-state index contributed by atoms with van der Waals surface area (Å²) in [5, 5.41) is 12.1. The van der Waals surface area contributed by atoms with Gasteiger partial charge in [-0.2, -0.15) is 0 Å². The van der Waals surface area contributed by atoms with Crippen molar-refractivity contribution in [1.29, 1.82) is 0 Å². The second-order valence-corrected chi connectivity index (χ2v) is 7.29. The van der Waals surface area contributed by atoms with Crippen molar-refractivity contribution in [2.75, 3.05) is 36.5 Å². The van der Waals surface area contributed by atoms with Crippen LogP contribution >= 0.6 is 0 Å². The molecule has 0 radical (unpaired) electrons. The van der Waals surface area contributed by atoms with Crippen LogP contribution in [0.3, 0.4) is 0 Å². The molecule has 9 nitrogen and oxygen atoms in total. The van der Waals surface area contributed by atoms with Gasteiger partial charge in [0, 0.05) is 25.3 Å². The first-order chi connectivity index (χ1) is 14.1. The molecule has 1 aromatic carbocycles. The van der Waals surface area contributed by atoms with Crippen molar-refractivity contribution in [2.45, 2.75) is 25.7 Å². The summed E-state index contributed by atoms with van der Waals surface area (Å²) in [5.74, 6) is 0.228. The number of aromatic nitrogens is 2. The average molecular weight is 397 g/mol. The zero-order chi connectivity index (χ0) is 20.4. The Morgan fingerprint density at radius 2 is 1.90 bits per heavy atom. The van der Waals surface area contributed by atoms with Gasteiger partial charge in [-0.15, -0.1) is 0 Å². The first kappa shape index (κ1) is 19.1. The molecule has 0 unspecified atom stereocenters. The lowest BCUT2D eigenvalue weighted by Crippen LogP contribution is -2.38. The highest BCUT2D eigenvalue weighted by Crippen LogP contribution is 2.41. The highest BCUT2D eigenvalue weighted by atomic mass is 16.6. The summed E-state index contributed by atoms with van der Waals surface area (Å²) in [6, 6.07) is 7.94. The van der Waals surface area contributed by atoms with Gasteiger partial charge in [0.1, 0.15) is 6.33 Å². The fraction of sp³-hybridized carbons (Fsp3) is 0.450. The molecule has 0 amide bonds. The molecule has 4 rings (SSSR count). The number of carbonyl (C=O) groups is 1. The number of rotatable bonds is 4. The number of nitro groups is 1. The van der Waals surface area contributed by atoms with Crippen LogP contribution in [0.15, 0.2) is 30.6 Å². The summed E-state index contributed by atoms with van der Waals surface area (Å²) in [6.07, 6.45) is 4.39. The molecule has 0 atom stereocenters. The van der Waals surface area contributed by atoms with Gasteiger partial charge in [-0.05, 0) is 37.3 Å². The van der Waals surface area contributed by atoms with Crippen LogP contribution in [0, 0.1) is 16.0 Å². The zero-order valence-electron chi connectivity index (χ0n) is 16.3. The Morgan fingerprint density at radius 3 is 2.62 bits per heavy atom. The van der Waals surface area contributed by atoms with E-state index in [1.165, 1.54) is 13.4 Å². The Balaban J connectivity index is 1.68. The number of esters is 1. The fourth-order valence-electron chi connectivity index (χ4n) is 4.20. The number of hydrogen-bond donors (Lipinski definition) is 0. The van der Waals surface area contributed by atoms with E-state index in [0.717, 1.165) is 24.1 Å². The lowest BCUT2D eigenvalue weighted by Gasteiger charge is -2.33. The maximum absolute atomic E-state index is 12.1. The van der Waals surface area contributed by atoms with E-state index < -0.39 is 4.92 Å². The molecular weight excluding hydrogens is 374 g/mol. The van der Waals surface area contributed by atoms with Crippen LogP contribution in [0.25, 0.3) is 0 Å². The maximum Gasteiger partial charge on any atom is 0.353 e. The quantitative estimate of drug-likeness (QED) is 0.441. The molecule has 1 saturated heterocycles. The topological polar surface area (TPSA) is 102 Å². The number of carbonyl (C=O) groups excluding carboxylic acids is 1. The molecule has 152 valence electrons. The van der Waals surface area contributed by atoms with Crippen molar-refractivity contribution in [2.24, 2.45) is 5.92 Å². The monoisotopic (exact) mass is 397 g/mol. The van der Waals surface area contributed by atoms with Crippen molar-refractivity contribution in [3.63, 3.8) is 0 Å². The molecule has 2 aromatic rings. The Labute approximate surface area is 168 Å². The molecule has 29 heavy (non-hydrogen) atoms. The average Bonchev–Trinajstić information content (AvgIpc) is 2.77. The van der Waals surface area contributed by atoms with E-state index in [9.17, 15) is 14.9 Å². The van der Waals surface area contributed by atoms with Crippen LogP contribution in [0.4, 0.5) is 23.0 Å². The van der Waals surface area contributed by atoms with Gasteiger partial charge in [-0.25, -0.2) is 9.97 Å². The number of benzene rings is 1. The third-order valence-electron chi connectivity index (χ3n) is 5.66. The van der Waals surface area contributed by atoms with Crippen molar-refractivity contribution >= 4 is 29.0 Å². The first-order valence-corrected chi connectivity index (χ1v) is 9.77. The molecule has 1 fully saturated rings. The van der Waals surface area contributed by atoms with Crippen molar-refractivity contribution in [1.82, 2.24) is 9.97 Å². The van der Waals surface area contributed by atoms with E-state index in [4.69, 9.17) is 4.74 Å². The molecule has 3 heterocycles. The molecule has 9 heteroatoms. The van der Waals surface area contributed by atoms with Crippen LogP contribution in [-0.2, 0) is 16.0 Å². The molecule has 0 spiro atoms.